The van der Waals surface area contributed by atoms with Crippen LogP contribution in [0.15, 0.2) is 24.3 Å². The van der Waals surface area contributed by atoms with E-state index < -0.39 is 0 Å². The molecule has 6 nitrogen and oxygen atoms in total. The highest BCUT2D eigenvalue weighted by atomic mass is 16.5. The quantitative estimate of drug-likeness (QED) is 0.724. The maximum absolute atomic E-state index is 12.2. The first kappa shape index (κ1) is 19.5. The van der Waals surface area contributed by atoms with E-state index in [2.05, 4.69) is 27.2 Å². The summed E-state index contributed by atoms with van der Waals surface area (Å²) in [5, 5.41) is 3.02. The lowest BCUT2D eigenvalue weighted by Crippen LogP contribution is -2.52. The van der Waals surface area contributed by atoms with Gasteiger partial charge in [0.2, 0.25) is 0 Å². The van der Waals surface area contributed by atoms with Gasteiger partial charge in [-0.3, -0.25) is 4.90 Å². The number of hydrogen-bond donors (Lipinski definition) is 1. The van der Waals surface area contributed by atoms with E-state index >= 15 is 0 Å². The minimum absolute atomic E-state index is 0.0723. The van der Waals surface area contributed by atoms with Gasteiger partial charge in [-0.1, -0.05) is 18.2 Å². The van der Waals surface area contributed by atoms with Crippen LogP contribution in [0.5, 0.6) is 5.75 Å². The number of carbonyl (C=O) groups excluding carboxylic acids is 1. The molecule has 1 saturated heterocycles. The monoisotopic (exact) mass is 348 g/mol. The van der Waals surface area contributed by atoms with Gasteiger partial charge in [-0.2, -0.15) is 0 Å². The molecule has 0 unspecified atom stereocenters. The molecule has 0 spiro atoms. The Morgan fingerprint density at radius 2 is 1.92 bits per heavy atom. The van der Waals surface area contributed by atoms with Gasteiger partial charge < -0.3 is 19.9 Å². The Hall–Kier alpha value is -1.79. The van der Waals surface area contributed by atoms with Gasteiger partial charge in [0.25, 0.3) is 0 Å². The van der Waals surface area contributed by atoms with E-state index in [-0.39, 0.29) is 6.03 Å². The number of nitrogens with one attached hydrogen (secondary N) is 1. The average molecular weight is 348 g/mol. The molecule has 6 heteroatoms. The Labute approximate surface area is 151 Å². The molecule has 1 aromatic carbocycles. The highest BCUT2D eigenvalue weighted by Crippen LogP contribution is 2.18. The van der Waals surface area contributed by atoms with Crippen molar-refractivity contribution in [3.63, 3.8) is 0 Å². The van der Waals surface area contributed by atoms with Gasteiger partial charge in [-0.15, -0.1) is 0 Å². The molecule has 2 rings (SSSR count). The highest BCUT2D eigenvalue weighted by molar-refractivity contribution is 5.74. The number of amides is 2. The van der Waals surface area contributed by atoms with Crippen LogP contribution in [0.3, 0.4) is 0 Å². The number of hydrogen-bond acceptors (Lipinski definition) is 4. The summed E-state index contributed by atoms with van der Waals surface area (Å²) in [6, 6.07) is 8.25. The molecular formula is C19H32N4O2. The summed E-state index contributed by atoms with van der Waals surface area (Å²) in [7, 11) is 5.81. The Balaban J connectivity index is 1.66. The van der Waals surface area contributed by atoms with Crippen LogP contribution in [0, 0.1) is 0 Å². The molecule has 25 heavy (non-hydrogen) atoms. The first-order valence-corrected chi connectivity index (χ1v) is 9.12. The van der Waals surface area contributed by atoms with E-state index in [1.165, 1.54) is 5.56 Å². The first-order chi connectivity index (χ1) is 12.1. The zero-order chi connectivity index (χ0) is 18.1. The van der Waals surface area contributed by atoms with Crippen molar-refractivity contribution in [2.45, 2.75) is 12.8 Å². The molecule has 1 heterocycles. The predicted molar refractivity (Wildman–Crippen MR) is 101 cm³/mol. The number of piperazine rings is 1. The van der Waals surface area contributed by atoms with E-state index in [0.29, 0.717) is 0 Å². The molecule has 1 N–H and O–H groups in total. The normalized spacial score (nSPS) is 15.4. The summed E-state index contributed by atoms with van der Waals surface area (Å²) in [5.41, 5.74) is 1.24. The first-order valence-electron chi connectivity index (χ1n) is 9.12. The third kappa shape index (κ3) is 6.55. The summed E-state index contributed by atoms with van der Waals surface area (Å²) in [4.78, 5) is 18.7. The van der Waals surface area contributed by atoms with Crippen LogP contribution in [0.4, 0.5) is 4.79 Å². The predicted octanol–water partition coefficient (Wildman–Crippen LogP) is 1.52. The van der Waals surface area contributed by atoms with Gasteiger partial charge in [0.05, 0.1) is 7.11 Å². The summed E-state index contributed by atoms with van der Waals surface area (Å²) in [5.74, 6) is 0.957. The Bertz CT molecular complexity index is 528. The lowest BCUT2D eigenvalue weighted by atomic mass is 10.1. The van der Waals surface area contributed by atoms with Crippen LogP contribution in [-0.2, 0) is 6.42 Å². The maximum atomic E-state index is 12.2. The number of rotatable bonds is 8. The van der Waals surface area contributed by atoms with Crippen LogP contribution in [0.2, 0.25) is 0 Å². The zero-order valence-electron chi connectivity index (χ0n) is 15.8. The molecule has 0 saturated carbocycles. The van der Waals surface area contributed by atoms with Gasteiger partial charge in [0, 0.05) is 39.3 Å². The molecule has 1 aromatic rings. The third-order valence-corrected chi connectivity index (χ3v) is 4.61. The van der Waals surface area contributed by atoms with Crippen LogP contribution >= 0.6 is 0 Å². The topological polar surface area (TPSA) is 48.1 Å². The number of ether oxygens (including phenoxy) is 1. The Kier molecular flexibility index (Phi) is 8.01. The number of benzene rings is 1. The van der Waals surface area contributed by atoms with Crippen molar-refractivity contribution in [2.75, 3.05) is 67.0 Å². The Morgan fingerprint density at radius 3 is 2.60 bits per heavy atom. The van der Waals surface area contributed by atoms with Gasteiger partial charge in [-0.25, -0.2) is 4.79 Å². The van der Waals surface area contributed by atoms with Crippen LogP contribution in [0.1, 0.15) is 12.0 Å². The molecule has 1 aliphatic rings. The van der Waals surface area contributed by atoms with Gasteiger partial charge >= 0.3 is 6.03 Å². The summed E-state index contributed by atoms with van der Waals surface area (Å²) < 4.78 is 5.41. The van der Waals surface area contributed by atoms with Crippen LogP contribution in [0.25, 0.3) is 0 Å². The third-order valence-electron chi connectivity index (χ3n) is 4.61. The fourth-order valence-electron chi connectivity index (χ4n) is 3.07. The molecule has 0 aliphatic carbocycles. The Morgan fingerprint density at radius 1 is 1.20 bits per heavy atom. The zero-order valence-corrected chi connectivity index (χ0v) is 15.8. The van der Waals surface area contributed by atoms with Crippen LogP contribution in [-0.4, -0.2) is 87.7 Å². The van der Waals surface area contributed by atoms with Crippen molar-refractivity contribution >= 4 is 6.03 Å². The molecule has 0 aromatic heterocycles. The number of carbonyl (C=O) groups is 1. The number of para-hydroxylation sites is 1. The fourth-order valence-corrected chi connectivity index (χ4v) is 3.07. The minimum Gasteiger partial charge on any atom is -0.496 e. The standard InChI is InChI=1S/C19H32N4O2/c1-21(2)11-6-10-20-19(24)23-15-13-22(14-16-23)12-9-17-7-4-5-8-18(17)25-3/h4-5,7-8H,6,9-16H2,1-3H3,(H,20,24). The molecule has 1 fully saturated rings. The maximum Gasteiger partial charge on any atom is 0.317 e. The highest BCUT2D eigenvalue weighted by Gasteiger charge is 2.20. The van der Waals surface area contributed by atoms with E-state index in [1.807, 2.05) is 31.1 Å². The van der Waals surface area contributed by atoms with Gasteiger partial charge in [0.15, 0.2) is 0 Å². The van der Waals surface area contributed by atoms with Crippen molar-refractivity contribution < 1.29 is 9.53 Å². The van der Waals surface area contributed by atoms with E-state index in [1.54, 1.807) is 7.11 Å². The van der Waals surface area contributed by atoms with Crippen molar-refractivity contribution in [1.82, 2.24) is 20.0 Å². The van der Waals surface area contributed by atoms with Crippen molar-refractivity contribution in [2.24, 2.45) is 0 Å². The fraction of sp³-hybridized carbons (Fsp3) is 0.632. The molecule has 0 atom stereocenters. The average Bonchev–Trinajstić information content (AvgIpc) is 2.64. The van der Waals surface area contributed by atoms with E-state index in [0.717, 1.165) is 64.4 Å². The molecule has 140 valence electrons. The van der Waals surface area contributed by atoms with Crippen molar-refractivity contribution in [3.8, 4) is 5.75 Å². The molecular weight excluding hydrogens is 316 g/mol. The van der Waals surface area contributed by atoms with E-state index in [4.69, 9.17) is 4.74 Å². The molecule has 2 amide bonds. The smallest absolute Gasteiger partial charge is 0.317 e. The minimum atomic E-state index is 0.0723. The largest absolute Gasteiger partial charge is 0.496 e. The molecule has 1 aliphatic heterocycles. The van der Waals surface area contributed by atoms with E-state index in [9.17, 15) is 4.79 Å². The summed E-state index contributed by atoms with van der Waals surface area (Å²) >= 11 is 0. The van der Waals surface area contributed by atoms with Crippen LogP contribution < -0.4 is 10.1 Å². The number of nitrogens with zero attached hydrogens (tertiary/aromatic N) is 3. The SMILES string of the molecule is COc1ccccc1CCN1CCN(C(=O)NCCCN(C)C)CC1. The number of urea groups is 1. The second kappa shape index (κ2) is 10.3. The van der Waals surface area contributed by atoms with Crippen molar-refractivity contribution in [1.29, 1.82) is 0 Å². The molecule has 0 bridgehead atoms. The molecule has 0 radical (unpaired) electrons. The summed E-state index contributed by atoms with van der Waals surface area (Å²) in [6.07, 6.45) is 1.96. The lowest BCUT2D eigenvalue weighted by Gasteiger charge is -2.34. The van der Waals surface area contributed by atoms with Gasteiger partial charge in [0.1, 0.15) is 5.75 Å². The second-order valence-corrected chi connectivity index (χ2v) is 6.78. The lowest BCUT2D eigenvalue weighted by molar-refractivity contribution is 0.140. The van der Waals surface area contributed by atoms with Gasteiger partial charge in [-0.05, 0) is 45.1 Å². The summed E-state index contributed by atoms with van der Waals surface area (Å²) in [6.45, 7) is 6.19. The van der Waals surface area contributed by atoms with Crippen molar-refractivity contribution in [3.05, 3.63) is 29.8 Å². The number of methoxy groups -OCH3 is 1. The second-order valence-electron chi connectivity index (χ2n) is 6.78.